The highest BCUT2D eigenvalue weighted by atomic mass is 16.3. The second-order valence-electron chi connectivity index (χ2n) is 4.46. The van der Waals surface area contributed by atoms with Crippen molar-refractivity contribution in [1.82, 2.24) is 4.98 Å². The summed E-state index contributed by atoms with van der Waals surface area (Å²) in [6.45, 7) is 4.12. The highest BCUT2D eigenvalue weighted by Crippen LogP contribution is 2.26. The SMILES string of the molecule is CC(C)(CO)c1cccc(-c2ncco2)c1. The molecule has 1 aromatic heterocycles. The van der Waals surface area contributed by atoms with Gasteiger partial charge in [0.05, 0.1) is 12.8 Å². The summed E-state index contributed by atoms with van der Waals surface area (Å²) in [7, 11) is 0. The van der Waals surface area contributed by atoms with Crippen molar-refractivity contribution in [1.29, 1.82) is 0 Å². The number of oxazole rings is 1. The fourth-order valence-corrected chi connectivity index (χ4v) is 1.53. The lowest BCUT2D eigenvalue weighted by Gasteiger charge is -2.22. The van der Waals surface area contributed by atoms with Gasteiger partial charge in [0.1, 0.15) is 6.26 Å². The molecule has 0 saturated carbocycles. The van der Waals surface area contributed by atoms with Crippen LogP contribution in [0.5, 0.6) is 0 Å². The number of aliphatic hydroxyl groups excluding tert-OH is 1. The Bertz CT molecular complexity index is 461. The summed E-state index contributed by atoms with van der Waals surface area (Å²) >= 11 is 0. The maximum Gasteiger partial charge on any atom is 0.225 e. The second-order valence-corrected chi connectivity index (χ2v) is 4.46. The van der Waals surface area contributed by atoms with Crippen LogP contribution in [0.2, 0.25) is 0 Å². The highest BCUT2D eigenvalue weighted by molar-refractivity contribution is 5.54. The Kier molecular flexibility index (Phi) is 2.79. The third-order valence-corrected chi connectivity index (χ3v) is 2.72. The summed E-state index contributed by atoms with van der Waals surface area (Å²) < 4.78 is 5.25. The van der Waals surface area contributed by atoms with Crippen LogP contribution in [-0.4, -0.2) is 16.7 Å². The van der Waals surface area contributed by atoms with Crippen LogP contribution >= 0.6 is 0 Å². The summed E-state index contributed by atoms with van der Waals surface area (Å²) in [5, 5.41) is 9.33. The molecule has 3 nitrogen and oxygen atoms in total. The number of aromatic nitrogens is 1. The zero-order chi connectivity index (χ0) is 11.6. The normalized spacial score (nSPS) is 11.7. The molecule has 0 bridgehead atoms. The Hall–Kier alpha value is -1.61. The number of nitrogens with zero attached hydrogens (tertiary/aromatic N) is 1. The summed E-state index contributed by atoms with van der Waals surface area (Å²) in [6, 6.07) is 7.90. The lowest BCUT2D eigenvalue weighted by molar-refractivity contribution is 0.218. The van der Waals surface area contributed by atoms with Crippen LogP contribution in [-0.2, 0) is 5.41 Å². The minimum absolute atomic E-state index is 0.113. The van der Waals surface area contributed by atoms with E-state index in [0.29, 0.717) is 5.89 Å². The quantitative estimate of drug-likeness (QED) is 0.859. The van der Waals surface area contributed by atoms with Crippen molar-refractivity contribution in [3.63, 3.8) is 0 Å². The fraction of sp³-hybridized carbons (Fsp3) is 0.308. The van der Waals surface area contributed by atoms with Gasteiger partial charge >= 0.3 is 0 Å². The molecule has 2 aromatic rings. The number of rotatable bonds is 3. The molecule has 0 aliphatic heterocycles. The third-order valence-electron chi connectivity index (χ3n) is 2.72. The van der Waals surface area contributed by atoms with E-state index in [0.717, 1.165) is 11.1 Å². The molecule has 3 heteroatoms. The van der Waals surface area contributed by atoms with E-state index >= 15 is 0 Å². The smallest absolute Gasteiger partial charge is 0.225 e. The zero-order valence-electron chi connectivity index (χ0n) is 9.47. The Balaban J connectivity index is 2.41. The largest absolute Gasteiger partial charge is 0.445 e. The molecule has 16 heavy (non-hydrogen) atoms. The number of aliphatic hydroxyl groups is 1. The molecule has 1 N–H and O–H groups in total. The Morgan fingerprint density at radius 1 is 1.38 bits per heavy atom. The molecule has 1 aromatic carbocycles. The van der Waals surface area contributed by atoms with Crippen LogP contribution in [0.4, 0.5) is 0 Å². The Morgan fingerprint density at radius 3 is 2.81 bits per heavy atom. The molecule has 0 radical (unpaired) electrons. The third kappa shape index (κ3) is 1.99. The fourth-order valence-electron chi connectivity index (χ4n) is 1.53. The standard InChI is InChI=1S/C13H15NO2/c1-13(2,9-15)11-5-3-4-10(8-11)12-14-6-7-16-12/h3-8,15H,9H2,1-2H3. The van der Waals surface area contributed by atoms with Crippen molar-refractivity contribution in [2.24, 2.45) is 0 Å². The molecule has 0 amide bonds. The number of hydrogen-bond acceptors (Lipinski definition) is 3. The maximum atomic E-state index is 9.33. The molecule has 0 fully saturated rings. The van der Waals surface area contributed by atoms with Gasteiger partial charge in [-0.15, -0.1) is 0 Å². The minimum atomic E-state index is -0.247. The van der Waals surface area contributed by atoms with Gasteiger partial charge in [-0.2, -0.15) is 0 Å². The molecule has 0 aliphatic rings. The van der Waals surface area contributed by atoms with Gasteiger partial charge < -0.3 is 9.52 Å². The molecule has 0 unspecified atom stereocenters. The monoisotopic (exact) mass is 217 g/mol. The maximum absolute atomic E-state index is 9.33. The average molecular weight is 217 g/mol. The minimum Gasteiger partial charge on any atom is -0.445 e. The summed E-state index contributed by atoms with van der Waals surface area (Å²) in [4.78, 5) is 4.11. The van der Waals surface area contributed by atoms with Crippen molar-refractivity contribution < 1.29 is 9.52 Å². The van der Waals surface area contributed by atoms with Gasteiger partial charge in [0.25, 0.3) is 0 Å². The van der Waals surface area contributed by atoms with Crippen LogP contribution in [0.25, 0.3) is 11.5 Å². The highest BCUT2D eigenvalue weighted by Gasteiger charge is 2.19. The predicted octanol–water partition coefficient (Wildman–Crippen LogP) is 2.61. The first-order valence-corrected chi connectivity index (χ1v) is 5.25. The van der Waals surface area contributed by atoms with E-state index in [4.69, 9.17) is 4.42 Å². The molecule has 0 atom stereocenters. The van der Waals surface area contributed by atoms with E-state index in [1.165, 1.54) is 0 Å². The Labute approximate surface area is 94.8 Å². The van der Waals surface area contributed by atoms with Crippen LogP contribution < -0.4 is 0 Å². The first-order valence-electron chi connectivity index (χ1n) is 5.25. The molecular formula is C13H15NO2. The molecule has 2 rings (SSSR count). The van der Waals surface area contributed by atoms with E-state index in [-0.39, 0.29) is 12.0 Å². The lowest BCUT2D eigenvalue weighted by atomic mass is 9.85. The molecule has 1 heterocycles. The second kappa shape index (κ2) is 4.10. The van der Waals surface area contributed by atoms with Crippen LogP contribution in [0.1, 0.15) is 19.4 Å². The van der Waals surface area contributed by atoms with Gasteiger partial charge in [-0.1, -0.05) is 26.0 Å². The van der Waals surface area contributed by atoms with Gasteiger partial charge in [-0.3, -0.25) is 0 Å². The van der Waals surface area contributed by atoms with Gasteiger partial charge in [0.2, 0.25) is 5.89 Å². The summed E-state index contributed by atoms with van der Waals surface area (Å²) in [5.41, 5.74) is 1.76. The van der Waals surface area contributed by atoms with Crippen molar-refractivity contribution in [3.05, 3.63) is 42.3 Å². The predicted molar refractivity (Wildman–Crippen MR) is 62.1 cm³/mol. The Morgan fingerprint density at radius 2 is 2.19 bits per heavy atom. The number of hydrogen-bond donors (Lipinski definition) is 1. The lowest BCUT2D eigenvalue weighted by Crippen LogP contribution is -2.21. The molecule has 0 spiro atoms. The average Bonchev–Trinajstić information content (AvgIpc) is 2.83. The topological polar surface area (TPSA) is 46.3 Å². The van der Waals surface area contributed by atoms with Crippen LogP contribution in [0, 0.1) is 0 Å². The van der Waals surface area contributed by atoms with Gasteiger partial charge in [0, 0.05) is 11.0 Å². The zero-order valence-corrected chi connectivity index (χ0v) is 9.47. The summed E-state index contributed by atoms with van der Waals surface area (Å²) in [5.74, 6) is 0.607. The number of benzene rings is 1. The van der Waals surface area contributed by atoms with Crippen molar-refractivity contribution in [2.75, 3.05) is 6.61 Å². The molecular weight excluding hydrogens is 202 g/mol. The van der Waals surface area contributed by atoms with Crippen molar-refractivity contribution in [3.8, 4) is 11.5 Å². The van der Waals surface area contributed by atoms with Crippen molar-refractivity contribution in [2.45, 2.75) is 19.3 Å². The molecule has 0 aliphatic carbocycles. The van der Waals surface area contributed by atoms with E-state index in [9.17, 15) is 5.11 Å². The van der Waals surface area contributed by atoms with Gasteiger partial charge in [-0.25, -0.2) is 4.98 Å². The first-order chi connectivity index (χ1) is 7.63. The summed E-state index contributed by atoms with van der Waals surface area (Å²) in [6.07, 6.45) is 3.18. The van der Waals surface area contributed by atoms with Gasteiger partial charge in [0.15, 0.2) is 0 Å². The van der Waals surface area contributed by atoms with Crippen molar-refractivity contribution >= 4 is 0 Å². The molecule has 84 valence electrons. The van der Waals surface area contributed by atoms with E-state index in [1.807, 2.05) is 38.1 Å². The van der Waals surface area contributed by atoms with E-state index in [1.54, 1.807) is 12.5 Å². The molecule has 0 saturated heterocycles. The van der Waals surface area contributed by atoms with E-state index < -0.39 is 0 Å². The van der Waals surface area contributed by atoms with Crippen LogP contribution in [0.15, 0.2) is 41.1 Å². The first kappa shape index (κ1) is 10.9. The van der Waals surface area contributed by atoms with E-state index in [2.05, 4.69) is 4.98 Å². The van der Waals surface area contributed by atoms with Crippen LogP contribution in [0.3, 0.4) is 0 Å². The van der Waals surface area contributed by atoms with Gasteiger partial charge in [-0.05, 0) is 17.7 Å².